The van der Waals surface area contributed by atoms with Gasteiger partial charge >= 0.3 is 5.69 Å². The summed E-state index contributed by atoms with van der Waals surface area (Å²) in [5.41, 5.74) is 2.27. The molecule has 0 bridgehead atoms. The van der Waals surface area contributed by atoms with E-state index in [1.165, 1.54) is 20.4 Å². The minimum Gasteiger partial charge on any atom is -0.497 e. The monoisotopic (exact) mass is 338 g/mol. The molecule has 3 aromatic heterocycles. The molecule has 0 aliphatic carbocycles. The van der Waals surface area contributed by atoms with Gasteiger partial charge in [0.15, 0.2) is 5.65 Å². The Balaban J connectivity index is 1.65. The smallest absolute Gasteiger partial charge is 0.350 e. The molecular formula is C17H14N4O2S. The number of fused-ring (bicyclic) bond motifs is 1. The van der Waals surface area contributed by atoms with Gasteiger partial charge in [0.25, 0.3) is 0 Å². The lowest BCUT2D eigenvalue weighted by atomic mass is 10.2. The summed E-state index contributed by atoms with van der Waals surface area (Å²) in [6.45, 7) is 0.348. The van der Waals surface area contributed by atoms with Crippen molar-refractivity contribution in [3.05, 3.63) is 70.2 Å². The minimum atomic E-state index is -0.165. The highest BCUT2D eigenvalue weighted by molar-refractivity contribution is 7.13. The van der Waals surface area contributed by atoms with Crippen LogP contribution < -0.4 is 10.4 Å². The predicted octanol–water partition coefficient (Wildman–Crippen LogP) is 2.68. The molecule has 4 aromatic rings. The number of ether oxygens (including phenoxy) is 1. The van der Waals surface area contributed by atoms with Crippen molar-refractivity contribution in [2.45, 2.75) is 6.54 Å². The highest BCUT2D eigenvalue weighted by Crippen LogP contribution is 2.26. The predicted molar refractivity (Wildman–Crippen MR) is 92.7 cm³/mol. The standard InChI is InChI=1S/C17H14N4O2S/c1-23-14-6-4-5-12(9-14)16-18-13(11-24-16)10-21-17(22)20-8-3-2-7-15(20)19-21/h2-9,11H,10H2,1H3. The zero-order chi connectivity index (χ0) is 16.5. The van der Waals surface area contributed by atoms with Crippen molar-refractivity contribution in [1.29, 1.82) is 0 Å². The van der Waals surface area contributed by atoms with Crippen LogP contribution in [0.5, 0.6) is 5.75 Å². The lowest BCUT2D eigenvalue weighted by Gasteiger charge is -2.01. The van der Waals surface area contributed by atoms with E-state index in [4.69, 9.17) is 4.74 Å². The van der Waals surface area contributed by atoms with Gasteiger partial charge in [0.05, 0.1) is 19.3 Å². The summed E-state index contributed by atoms with van der Waals surface area (Å²) in [6, 6.07) is 13.2. The van der Waals surface area contributed by atoms with Gasteiger partial charge in [0.1, 0.15) is 10.8 Å². The summed E-state index contributed by atoms with van der Waals surface area (Å²) in [5, 5.41) is 7.17. The van der Waals surface area contributed by atoms with Crippen LogP contribution in [0.1, 0.15) is 5.69 Å². The molecule has 7 heteroatoms. The summed E-state index contributed by atoms with van der Waals surface area (Å²) in [7, 11) is 1.64. The number of rotatable bonds is 4. The first-order chi connectivity index (χ1) is 11.7. The van der Waals surface area contributed by atoms with E-state index in [1.54, 1.807) is 19.4 Å². The van der Waals surface area contributed by atoms with Gasteiger partial charge in [-0.3, -0.25) is 4.40 Å². The van der Waals surface area contributed by atoms with Gasteiger partial charge in [0.2, 0.25) is 0 Å². The summed E-state index contributed by atoms with van der Waals surface area (Å²) in [6.07, 6.45) is 1.71. The van der Waals surface area contributed by atoms with E-state index in [0.717, 1.165) is 22.0 Å². The molecule has 0 saturated heterocycles. The first kappa shape index (κ1) is 14.6. The van der Waals surface area contributed by atoms with Crippen LogP contribution in [0.4, 0.5) is 0 Å². The Bertz CT molecular complexity index is 1060. The number of hydrogen-bond acceptors (Lipinski definition) is 5. The molecule has 3 heterocycles. The fourth-order valence-corrected chi connectivity index (χ4v) is 3.30. The molecule has 120 valence electrons. The lowest BCUT2D eigenvalue weighted by Crippen LogP contribution is -2.21. The van der Waals surface area contributed by atoms with Crippen LogP contribution >= 0.6 is 11.3 Å². The van der Waals surface area contributed by atoms with E-state index < -0.39 is 0 Å². The fourth-order valence-electron chi connectivity index (χ4n) is 2.49. The maximum atomic E-state index is 12.3. The van der Waals surface area contributed by atoms with Gasteiger partial charge in [0, 0.05) is 17.1 Å². The van der Waals surface area contributed by atoms with Crippen molar-refractivity contribution in [3.8, 4) is 16.3 Å². The Hall–Kier alpha value is -2.93. The summed E-state index contributed by atoms with van der Waals surface area (Å²) in [5.74, 6) is 0.792. The number of hydrogen-bond donors (Lipinski definition) is 0. The Labute approximate surface area is 141 Å². The van der Waals surface area contributed by atoms with Crippen molar-refractivity contribution in [3.63, 3.8) is 0 Å². The van der Waals surface area contributed by atoms with Crippen molar-refractivity contribution < 1.29 is 4.74 Å². The molecule has 0 aliphatic heterocycles. The number of nitrogens with zero attached hydrogens (tertiary/aromatic N) is 4. The van der Waals surface area contributed by atoms with Crippen LogP contribution in [0.15, 0.2) is 58.8 Å². The van der Waals surface area contributed by atoms with Crippen molar-refractivity contribution >= 4 is 17.0 Å². The third kappa shape index (κ3) is 2.59. The molecule has 0 spiro atoms. The van der Waals surface area contributed by atoms with Gasteiger partial charge in [-0.25, -0.2) is 14.5 Å². The highest BCUT2D eigenvalue weighted by atomic mass is 32.1. The lowest BCUT2D eigenvalue weighted by molar-refractivity contribution is 0.415. The molecule has 6 nitrogen and oxygen atoms in total. The summed E-state index contributed by atoms with van der Waals surface area (Å²) in [4.78, 5) is 16.9. The second-order valence-corrected chi connectivity index (χ2v) is 6.10. The average molecular weight is 338 g/mol. The van der Waals surface area contributed by atoms with Crippen LogP contribution in [0.3, 0.4) is 0 Å². The Morgan fingerprint density at radius 2 is 2.12 bits per heavy atom. The largest absolute Gasteiger partial charge is 0.497 e. The molecule has 0 radical (unpaired) electrons. The van der Waals surface area contributed by atoms with E-state index in [9.17, 15) is 4.79 Å². The van der Waals surface area contributed by atoms with Crippen molar-refractivity contribution in [1.82, 2.24) is 19.2 Å². The Kier molecular flexibility index (Phi) is 3.62. The normalized spacial score (nSPS) is 11.0. The zero-order valence-corrected chi connectivity index (χ0v) is 13.7. The van der Waals surface area contributed by atoms with E-state index in [1.807, 2.05) is 41.8 Å². The number of pyridine rings is 1. The Morgan fingerprint density at radius 3 is 2.96 bits per heavy atom. The number of methoxy groups -OCH3 is 1. The number of aromatic nitrogens is 4. The minimum absolute atomic E-state index is 0.165. The van der Waals surface area contributed by atoms with Gasteiger partial charge in [-0.1, -0.05) is 18.2 Å². The first-order valence-corrected chi connectivity index (χ1v) is 8.25. The fraction of sp³-hybridized carbons (Fsp3) is 0.118. The summed E-state index contributed by atoms with van der Waals surface area (Å²) < 4.78 is 8.20. The van der Waals surface area contributed by atoms with E-state index in [2.05, 4.69) is 10.1 Å². The van der Waals surface area contributed by atoms with Crippen LogP contribution in [-0.2, 0) is 6.54 Å². The van der Waals surface area contributed by atoms with Crippen LogP contribution in [0, 0.1) is 0 Å². The molecule has 0 atom stereocenters. The second-order valence-electron chi connectivity index (χ2n) is 5.25. The van der Waals surface area contributed by atoms with Crippen LogP contribution in [0.25, 0.3) is 16.2 Å². The van der Waals surface area contributed by atoms with Gasteiger partial charge < -0.3 is 4.74 Å². The zero-order valence-electron chi connectivity index (χ0n) is 12.9. The molecule has 0 amide bonds. The second kappa shape index (κ2) is 5.93. The third-order valence-electron chi connectivity index (χ3n) is 3.67. The van der Waals surface area contributed by atoms with Crippen molar-refractivity contribution in [2.24, 2.45) is 0 Å². The Morgan fingerprint density at radius 1 is 1.21 bits per heavy atom. The molecule has 0 saturated carbocycles. The van der Waals surface area contributed by atoms with Gasteiger partial charge in [-0.15, -0.1) is 16.4 Å². The quantitative estimate of drug-likeness (QED) is 0.574. The van der Waals surface area contributed by atoms with E-state index >= 15 is 0 Å². The molecular weight excluding hydrogens is 324 g/mol. The molecule has 0 aliphatic rings. The van der Waals surface area contributed by atoms with Crippen molar-refractivity contribution in [2.75, 3.05) is 7.11 Å². The summed E-state index contributed by atoms with van der Waals surface area (Å²) >= 11 is 1.54. The molecule has 4 rings (SSSR count). The topological polar surface area (TPSA) is 61.4 Å². The maximum absolute atomic E-state index is 12.3. The van der Waals surface area contributed by atoms with Crippen LogP contribution in [-0.4, -0.2) is 26.3 Å². The van der Waals surface area contributed by atoms with Gasteiger partial charge in [-0.05, 0) is 24.3 Å². The van der Waals surface area contributed by atoms with E-state index in [0.29, 0.717) is 12.2 Å². The molecule has 0 N–H and O–H groups in total. The SMILES string of the molecule is COc1cccc(-c2nc(Cn3nc4ccccn4c3=O)cs2)c1. The number of benzene rings is 1. The highest BCUT2D eigenvalue weighted by Gasteiger charge is 2.10. The first-order valence-electron chi connectivity index (χ1n) is 7.37. The molecule has 0 unspecified atom stereocenters. The average Bonchev–Trinajstić information content (AvgIpc) is 3.21. The third-order valence-corrected chi connectivity index (χ3v) is 4.61. The van der Waals surface area contributed by atoms with Gasteiger partial charge in [-0.2, -0.15) is 0 Å². The van der Waals surface area contributed by atoms with E-state index in [-0.39, 0.29) is 5.69 Å². The molecule has 24 heavy (non-hydrogen) atoms. The molecule has 1 aromatic carbocycles. The molecule has 0 fully saturated rings. The van der Waals surface area contributed by atoms with Crippen LogP contribution in [0.2, 0.25) is 0 Å². The number of thiazole rings is 1. The maximum Gasteiger partial charge on any atom is 0.350 e.